The Morgan fingerprint density at radius 3 is 2.53 bits per heavy atom. The van der Waals surface area contributed by atoms with Crippen LogP contribution in [0.2, 0.25) is 0 Å². The topological polar surface area (TPSA) is 105 Å². The molecule has 1 aromatic heterocycles. The highest BCUT2D eigenvalue weighted by Crippen LogP contribution is 2.20. The van der Waals surface area contributed by atoms with Crippen LogP contribution in [0.25, 0.3) is 0 Å². The maximum absolute atomic E-state index is 12.3. The molecule has 0 amide bonds. The lowest BCUT2D eigenvalue weighted by atomic mass is 9.93. The Labute approximate surface area is 200 Å². The first-order chi connectivity index (χ1) is 14.9. The molecule has 32 heavy (non-hydrogen) atoms. The molecule has 1 saturated heterocycles. The minimum Gasteiger partial charge on any atom is -0.494 e. The summed E-state index contributed by atoms with van der Waals surface area (Å²) in [7, 11) is -3.86. The lowest BCUT2D eigenvalue weighted by Crippen LogP contribution is -2.42. The number of rotatable bonds is 12. The van der Waals surface area contributed by atoms with Crippen molar-refractivity contribution in [2.45, 2.75) is 48.8 Å². The highest BCUT2D eigenvalue weighted by atomic mass is 35.5. The fourth-order valence-electron chi connectivity index (χ4n) is 3.69. The van der Waals surface area contributed by atoms with E-state index in [-0.39, 0.29) is 23.0 Å². The summed E-state index contributed by atoms with van der Waals surface area (Å²) in [6, 6.07) is 8.98. The number of ether oxygens (including phenoxy) is 1. The van der Waals surface area contributed by atoms with E-state index in [1.807, 2.05) is 0 Å². The Balaban J connectivity index is 0.00000363. The van der Waals surface area contributed by atoms with Crippen molar-refractivity contribution in [3.63, 3.8) is 0 Å². The summed E-state index contributed by atoms with van der Waals surface area (Å²) in [4.78, 5) is 11.6. The standard InChI is InChI=1S/C22H30N2O5S2.ClH/c25-22(26)20(24-31(27,28)21-5-3-15-30-21)16-18-6-8-19(9-7-18)29-14-2-1-4-17-10-12-23-13-11-17;/h3,5-9,15,17,20,23-24H,1-2,4,10-14,16H2,(H,25,26);1H. The van der Waals surface area contributed by atoms with Crippen molar-refractivity contribution in [3.05, 3.63) is 47.3 Å². The zero-order chi connectivity index (χ0) is 22.1. The number of carboxylic acid groups (broad SMARTS) is 1. The van der Waals surface area contributed by atoms with E-state index >= 15 is 0 Å². The molecule has 1 unspecified atom stereocenters. The monoisotopic (exact) mass is 502 g/mol. The summed E-state index contributed by atoms with van der Waals surface area (Å²) >= 11 is 1.05. The van der Waals surface area contributed by atoms with E-state index in [4.69, 9.17) is 4.74 Å². The minimum absolute atomic E-state index is 0. The molecule has 1 aliphatic heterocycles. The van der Waals surface area contributed by atoms with Gasteiger partial charge in [0.05, 0.1) is 6.61 Å². The largest absolute Gasteiger partial charge is 0.494 e. The van der Waals surface area contributed by atoms with Gasteiger partial charge in [-0.2, -0.15) is 4.72 Å². The molecule has 2 aromatic rings. The van der Waals surface area contributed by atoms with E-state index in [9.17, 15) is 18.3 Å². The molecule has 1 fully saturated rings. The molecular weight excluding hydrogens is 472 g/mol. The SMILES string of the molecule is Cl.O=C(O)C(Cc1ccc(OCCCCC2CCNCC2)cc1)NS(=O)(=O)c1cccs1. The van der Waals surface area contributed by atoms with Crippen LogP contribution < -0.4 is 14.8 Å². The van der Waals surface area contributed by atoms with Crippen molar-refractivity contribution < 1.29 is 23.1 Å². The van der Waals surface area contributed by atoms with Gasteiger partial charge in [0.15, 0.2) is 0 Å². The van der Waals surface area contributed by atoms with E-state index in [2.05, 4.69) is 10.0 Å². The number of hydrogen-bond donors (Lipinski definition) is 3. The van der Waals surface area contributed by atoms with Gasteiger partial charge in [0.25, 0.3) is 10.0 Å². The quantitative estimate of drug-likeness (QED) is 0.382. The molecule has 1 atom stereocenters. The normalized spacial score (nSPS) is 15.6. The smallest absolute Gasteiger partial charge is 0.322 e. The predicted molar refractivity (Wildman–Crippen MR) is 128 cm³/mol. The predicted octanol–water partition coefficient (Wildman–Crippen LogP) is 3.69. The van der Waals surface area contributed by atoms with Crippen LogP contribution >= 0.6 is 23.7 Å². The number of sulfonamides is 1. The fourth-order valence-corrected chi connectivity index (χ4v) is 5.89. The molecule has 0 aliphatic carbocycles. The number of nitrogens with one attached hydrogen (secondary N) is 2. The van der Waals surface area contributed by atoms with E-state index in [1.54, 1.807) is 35.7 Å². The number of carboxylic acids is 1. The first kappa shape index (κ1) is 26.6. The summed E-state index contributed by atoms with van der Waals surface area (Å²) in [5.74, 6) is 0.353. The lowest BCUT2D eigenvalue weighted by molar-refractivity contribution is -0.138. The molecule has 3 N–H and O–H groups in total. The zero-order valence-electron chi connectivity index (χ0n) is 17.9. The Kier molecular flexibility index (Phi) is 10.9. The average molecular weight is 503 g/mol. The third-order valence-electron chi connectivity index (χ3n) is 5.45. The van der Waals surface area contributed by atoms with Crippen molar-refractivity contribution in [1.29, 1.82) is 0 Å². The van der Waals surface area contributed by atoms with Gasteiger partial charge >= 0.3 is 5.97 Å². The number of carbonyl (C=O) groups is 1. The van der Waals surface area contributed by atoms with Gasteiger partial charge < -0.3 is 15.2 Å². The molecule has 1 aliphatic rings. The second-order valence-corrected chi connectivity index (χ2v) is 10.7. The molecule has 0 radical (unpaired) electrons. The van der Waals surface area contributed by atoms with Gasteiger partial charge in [0.2, 0.25) is 0 Å². The van der Waals surface area contributed by atoms with E-state index in [0.717, 1.165) is 54.5 Å². The molecule has 3 rings (SSSR count). The first-order valence-electron chi connectivity index (χ1n) is 10.6. The van der Waals surface area contributed by atoms with Crippen molar-refractivity contribution in [2.24, 2.45) is 5.92 Å². The van der Waals surface area contributed by atoms with Crippen LogP contribution in [0.15, 0.2) is 46.0 Å². The first-order valence-corrected chi connectivity index (χ1v) is 13.0. The second-order valence-electron chi connectivity index (χ2n) is 7.83. The number of benzene rings is 1. The Morgan fingerprint density at radius 2 is 1.91 bits per heavy atom. The Hall–Kier alpha value is -1.65. The van der Waals surface area contributed by atoms with Gasteiger partial charge in [-0.05, 0) is 80.3 Å². The summed E-state index contributed by atoms with van der Waals surface area (Å²) in [5.41, 5.74) is 0.722. The van der Waals surface area contributed by atoms with Crippen LogP contribution in [0.3, 0.4) is 0 Å². The van der Waals surface area contributed by atoms with Crippen molar-refractivity contribution in [1.82, 2.24) is 10.0 Å². The number of piperidine rings is 1. The van der Waals surface area contributed by atoms with Crippen LogP contribution in [-0.2, 0) is 21.2 Å². The summed E-state index contributed by atoms with van der Waals surface area (Å²) in [6.45, 7) is 2.92. The highest BCUT2D eigenvalue weighted by molar-refractivity contribution is 7.91. The average Bonchev–Trinajstić information content (AvgIpc) is 3.31. The number of thiophene rings is 1. The maximum atomic E-state index is 12.3. The second kappa shape index (κ2) is 13.2. The molecule has 2 heterocycles. The van der Waals surface area contributed by atoms with Crippen LogP contribution in [0, 0.1) is 5.92 Å². The number of hydrogen-bond acceptors (Lipinski definition) is 6. The molecule has 7 nitrogen and oxygen atoms in total. The molecule has 0 saturated carbocycles. The van der Waals surface area contributed by atoms with Crippen molar-refractivity contribution in [2.75, 3.05) is 19.7 Å². The molecular formula is C22H31ClN2O5S2. The molecule has 0 spiro atoms. The Bertz CT molecular complexity index is 914. The van der Waals surface area contributed by atoms with Gasteiger partial charge in [-0.25, -0.2) is 8.42 Å². The van der Waals surface area contributed by atoms with Crippen molar-refractivity contribution >= 4 is 39.7 Å². The van der Waals surface area contributed by atoms with Gasteiger partial charge in [-0.15, -0.1) is 23.7 Å². The highest BCUT2D eigenvalue weighted by Gasteiger charge is 2.26. The van der Waals surface area contributed by atoms with Gasteiger partial charge in [-0.1, -0.05) is 24.6 Å². The molecule has 0 bridgehead atoms. The van der Waals surface area contributed by atoms with E-state index in [1.165, 1.54) is 25.3 Å². The molecule has 178 valence electrons. The number of unbranched alkanes of at least 4 members (excludes halogenated alkanes) is 1. The molecule has 1 aromatic carbocycles. The minimum atomic E-state index is -3.86. The summed E-state index contributed by atoms with van der Waals surface area (Å²) in [5, 5.41) is 14.5. The van der Waals surface area contributed by atoms with Crippen LogP contribution in [0.4, 0.5) is 0 Å². The maximum Gasteiger partial charge on any atom is 0.322 e. The van der Waals surface area contributed by atoms with Crippen LogP contribution in [0.5, 0.6) is 5.75 Å². The van der Waals surface area contributed by atoms with Crippen molar-refractivity contribution in [3.8, 4) is 5.75 Å². The third kappa shape index (κ3) is 8.37. The zero-order valence-corrected chi connectivity index (χ0v) is 20.3. The van der Waals surface area contributed by atoms with Gasteiger partial charge in [0.1, 0.15) is 16.0 Å². The molecule has 10 heteroatoms. The van der Waals surface area contributed by atoms with Crippen LogP contribution in [-0.4, -0.2) is 45.2 Å². The third-order valence-corrected chi connectivity index (χ3v) is 8.32. The van der Waals surface area contributed by atoms with Gasteiger partial charge in [0, 0.05) is 0 Å². The number of aliphatic carboxylic acids is 1. The fraction of sp³-hybridized carbons (Fsp3) is 0.500. The van der Waals surface area contributed by atoms with E-state index < -0.39 is 22.0 Å². The summed E-state index contributed by atoms with van der Waals surface area (Å²) < 4.78 is 32.9. The van der Waals surface area contributed by atoms with Crippen LogP contribution in [0.1, 0.15) is 37.7 Å². The van der Waals surface area contributed by atoms with E-state index in [0.29, 0.717) is 6.61 Å². The van der Waals surface area contributed by atoms with Gasteiger partial charge in [-0.3, -0.25) is 4.79 Å². The lowest BCUT2D eigenvalue weighted by Gasteiger charge is -2.22. The summed E-state index contributed by atoms with van der Waals surface area (Å²) in [6.07, 6.45) is 6.01. The Morgan fingerprint density at radius 1 is 1.19 bits per heavy atom. The number of halogens is 1.